The third-order valence-corrected chi connectivity index (χ3v) is 4.38. The zero-order valence-corrected chi connectivity index (χ0v) is 15.7. The number of nitrogens with one attached hydrogen (secondary N) is 2. The maximum Gasteiger partial charge on any atom is 0.191 e. The lowest BCUT2D eigenvalue weighted by Gasteiger charge is -2.30. The number of nitrogens with zero attached hydrogens (tertiary/aromatic N) is 3. The highest BCUT2D eigenvalue weighted by atomic mass is 19.1. The van der Waals surface area contributed by atoms with Gasteiger partial charge < -0.3 is 10.6 Å². The number of rotatable bonds is 8. The Morgan fingerprint density at radius 2 is 1.85 bits per heavy atom. The van der Waals surface area contributed by atoms with Crippen LogP contribution in [0.25, 0.3) is 0 Å². The lowest BCUT2D eigenvalue weighted by atomic mass is 10.1. The molecule has 0 aliphatic rings. The Kier molecular flexibility index (Phi) is 8.02. The van der Waals surface area contributed by atoms with Crippen LogP contribution in [0.3, 0.4) is 0 Å². The molecule has 2 aromatic rings. The molecular formula is C20H28FN5. The van der Waals surface area contributed by atoms with Crippen molar-refractivity contribution in [2.45, 2.75) is 26.4 Å². The highest BCUT2D eigenvalue weighted by molar-refractivity contribution is 5.79. The SMILES string of the molecule is CCN(CC)C(CNC(=NC)NCc1ncccc1F)c1ccccc1. The molecule has 0 saturated carbocycles. The summed E-state index contributed by atoms with van der Waals surface area (Å²) < 4.78 is 13.7. The number of pyridine rings is 1. The van der Waals surface area contributed by atoms with E-state index in [-0.39, 0.29) is 18.4 Å². The van der Waals surface area contributed by atoms with Crippen molar-refractivity contribution in [2.24, 2.45) is 4.99 Å². The van der Waals surface area contributed by atoms with E-state index in [4.69, 9.17) is 0 Å². The van der Waals surface area contributed by atoms with Crippen LogP contribution in [-0.4, -0.2) is 42.5 Å². The summed E-state index contributed by atoms with van der Waals surface area (Å²) in [4.78, 5) is 10.7. The maximum absolute atomic E-state index is 13.7. The molecule has 5 nitrogen and oxygen atoms in total. The summed E-state index contributed by atoms with van der Waals surface area (Å²) in [7, 11) is 1.71. The second kappa shape index (κ2) is 10.5. The number of guanidine groups is 1. The monoisotopic (exact) mass is 357 g/mol. The third-order valence-electron chi connectivity index (χ3n) is 4.38. The minimum absolute atomic E-state index is 0.233. The van der Waals surface area contributed by atoms with E-state index in [9.17, 15) is 4.39 Å². The molecule has 0 fully saturated rings. The average Bonchev–Trinajstić information content (AvgIpc) is 2.69. The van der Waals surface area contributed by atoms with Gasteiger partial charge in [-0.2, -0.15) is 0 Å². The minimum Gasteiger partial charge on any atom is -0.354 e. The number of hydrogen-bond acceptors (Lipinski definition) is 3. The molecule has 140 valence electrons. The first-order valence-corrected chi connectivity index (χ1v) is 9.02. The van der Waals surface area contributed by atoms with E-state index >= 15 is 0 Å². The predicted molar refractivity (Wildman–Crippen MR) is 105 cm³/mol. The molecule has 1 heterocycles. The van der Waals surface area contributed by atoms with Crippen LogP contribution in [0, 0.1) is 5.82 Å². The van der Waals surface area contributed by atoms with Crippen molar-refractivity contribution in [3.8, 4) is 0 Å². The van der Waals surface area contributed by atoms with Crippen molar-refractivity contribution in [1.82, 2.24) is 20.5 Å². The Hall–Kier alpha value is -2.47. The van der Waals surface area contributed by atoms with Gasteiger partial charge in [-0.25, -0.2) is 4.39 Å². The van der Waals surface area contributed by atoms with Crippen molar-refractivity contribution < 1.29 is 4.39 Å². The summed E-state index contributed by atoms with van der Waals surface area (Å²) in [5.74, 6) is 0.309. The van der Waals surface area contributed by atoms with Gasteiger partial charge in [0.25, 0.3) is 0 Å². The number of likely N-dealkylation sites (N-methyl/N-ethyl adjacent to an activating group) is 1. The standard InChI is InChI=1S/C20H28FN5/c1-4-26(5-2)19(16-10-7-6-8-11-16)15-25-20(22-3)24-14-18-17(21)12-9-13-23-18/h6-13,19H,4-5,14-15H2,1-3H3,(H2,22,24,25). The molecule has 1 atom stereocenters. The highest BCUT2D eigenvalue weighted by Gasteiger charge is 2.18. The number of aromatic nitrogens is 1. The first kappa shape index (κ1) is 19.8. The van der Waals surface area contributed by atoms with Gasteiger partial charge in [0.2, 0.25) is 0 Å². The van der Waals surface area contributed by atoms with Gasteiger partial charge in [-0.3, -0.25) is 14.9 Å². The summed E-state index contributed by atoms with van der Waals surface area (Å²) in [5.41, 5.74) is 1.63. The first-order valence-electron chi connectivity index (χ1n) is 9.02. The molecule has 2 N–H and O–H groups in total. The second-order valence-corrected chi connectivity index (χ2v) is 5.89. The molecule has 1 aromatic carbocycles. The summed E-state index contributed by atoms with van der Waals surface area (Å²) >= 11 is 0. The van der Waals surface area contributed by atoms with Crippen LogP contribution in [0.5, 0.6) is 0 Å². The molecule has 1 unspecified atom stereocenters. The fraction of sp³-hybridized carbons (Fsp3) is 0.400. The Morgan fingerprint density at radius 1 is 1.12 bits per heavy atom. The van der Waals surface area contributed by atoms with Crippen LogP contribution in [0.15, 0.2) is 53.7 Å². The van der Waals surface area contributed by atoms with E-state index in [1.165, 1.54) is 11.6 Å². The number of benzene rings is 1. The van der Waals surface area contributed by atoms with Crippen LogP contribution in [0.2, 0.25) is 0 Å². The Balaban J connectivity index is 2.00. The van der Waals surface area contributed by atoms with Crippen molar-refractivity contribution in [2.75, 3.05) is 26.7 Å². The fourth-order valence-electron chi connectivity index (χ4n) is 2.93. The van der Waals surface area contributed by atoms with E-state index in [0.717, 1.165) is 13.1 Å². The molecule has 0 spiro atoms. The summed E-state index contributed by atoms with van der Waals surface area (Å²) in [6.07, 6.45) is 1.59. The molecule has 0 radical (unpaired) electrons. The minimum atomic E-state index is -0.319. The Labute approximate surface area is 155 Å². The van der Waals surface area contributed by atoms with Crippen molar-refractivity contribution in [3.05, 3.63) is 65.7 Å². The molecule has 0 aliphatic heterocycles. The molecule has 1 aromatic heterocycles. The van der Waals surface area contributed by atoms with E-state index in [0.29, 0.717) is 18.2 Å². The third kappa shape index (κ3) is 5.52. The molecule has 26 heavy (non-hydrogen) atoms. The number of hydrogen-bond donors (Lipinski definition) is 2. The van der Waals surface area contributed by atoms with Crippen molar-refractivity contribution >= 4 is 5.96 Å². The normalized spacial score (nSPS) is 12.9. The van der Waals surface area contributed by atoms with Crippen LogP contribution in [0.4, 0.5) is 4.39 Å². The summed E-state index contributed by atoms with van der Waals surface area (Å²) in [6, 6.07) is 13.7. The zero-order chi connectivity index (χ0) is 18.8. The summed E-state index contributed by atoms with van der Waals surface area (Å²) in [6.45, 7) is 7.24. The first-order chi connectivity index (χ1) is 12.7. The molecule has 0 amide bonds. The van der Waals surface area contributed by atoms with Crippen LogP contribution < -0.4 is 10.6 Å². The van der Waals surface area contributed by atoms with E-state index in [1.807, 2.05) is 6.07 Å². The topological polar surface area (TPSA) is 52.5 Å². The van der Waals surface area contributed by atoms with Crippen molar-refractivity contribution in [3.63, 3.8) is 0 Å². The lowest BCUT2D eigenvalue weighted by Crippen LogP contribution is -2.43. The predicted octanol–water partition coefficient (Wildman–Crippen LogP) is 2.97. The average molecular weight is 357 g/mol. The molecule has 0 saturated heterocycles. The van der Waals surface area contributed by atoms with Crippen LogP contribution in [-0.2, 0) is 6.54 Å². The van der Waals surface area contributed by atoms with Gasteiger partial charge in [-0.1, -0.05) is 44.2 Å². The Bertz CT molecular complexity index is 686. The lowest BCUT2D eigenvalue weighted by molar-refractivity contribution is 0.219. The largest absolute Gasteiger partial charge is 0.354 e. The van der Waals surface area contributed by atoms with Crippen LogP contribution >= 0.6 is 0 Å². The van der Waals surface area contributed by atoms with Gasteiger partial charge in [0.1, 0.15) is 5.82 Å². The summed E-state index contributed by atoms with van der Waals surface area (Å²) in [5, 5.41) is 6.48. The molecule has 0 aliphatic carbocycles. The van der Waals surface area contributed by atoms with Gasteiger partial charge in [-0.05, 0) is 30.8 Å². The van der Waals surface area contributed by atoms with Crippen molar-refractivity contribution in [1.29, 1.82) is 0 Å². The molecular weight excluding hydrogens is 329 g/mol. The molecule has 6 heteroatoms. The maximum atomic E-state index is 13.7. The molecule has 0 bridgehead atoms. The van der Waals surface area contributed by atoms with Crippen LogP contribution in [0.1, 0.15) is 31.1 Å². The van der Waals surface area contributed by atoms with Gasteiger partial charge in [0.05, 0.1) is 18.3 Å². The van der Waals surface area contributed by atoms with E-state index in [1.54, 1.807) is 19.3 Å². The highest BCUT2D eigenvalue weighted by Crippen LogP contribution is 2.19. The quantitative estimate of drug-likeness (QED) is 0.563. The van der Waals surface area contributed by atoms with E-state index in [2.05, 4.69) is 63.6 Å². The smallest absolute Gasteiger partial charge is 0.191 e. The Morgan fingerprint density at radius 3 is 2.46 bits per heavy atom. The van der Waals surface area contributed by atoms with Gasteiger partial charge in [0.15, 0.2) is 5.96 Å². The molecule has 2 rings (SSSR count). The van der Waals surface area contributed by atoms with E-state index < -0.39 is 0 Å². The fourth-order valence-corrected chi connectivity index (χ4v) is 2.93. The van der Waals surface area contributed by atoms with Gasteiger partial charge in [-0.15, -0.1) is 0 Å². The second-order valence-electron chi connectivity index (χ2n) is 5.89. The van der Waals surface area contributed by atoms with Gasteiger partial charge in [0, 0.05) is 19.8 Å². The zero-order valence-electron chi connectivity index (χ0n) is 15.7. The van der Waals surface area contributed by atoms with Gasteiger partial charge >= 0.3 is 0 Å². The number of aliphatic imine (C=N–C) groups is 1. The number of halogens is 1.